The van der Waals surface area contributed by atoms with Crippen molar-refractivity contribution in [2.24, 2.45) is 5.92 Å². The first-order chi connectivity index (χ1) is 15.5. The van der Waals surface area contributed by atoms with E-state index in [0.717, 1.165) is 62.1 Å². The van der Waals surface area contributed by atoms with Gasteiger partial charge in [-0.25, -0.2) is 14.4 Å². The van der Waals surface area contributed by atoms with E-state index < -0.39 is 5.97 Å². The van der Waals surface area contributed by atoms with Gasteiger partial charge in [-0.05, 0) is 68.4 Å². The molecule has 1 aliphatic carbocycles. The Morgan fingerprint density at radius 3 is 2.75 bits per heavy atom. The zero-order valence-electron chi connectivity index (χ0n) is 17.8. The maximum atomic E-state index is 13.4. The number of carboxylic acids is 1. The zero-order valence-corrected chi connectivity index (χ0v) is 17.8. The van der Waals surface area contributed by atoms with Gasteiger partial charge >= 0.3 is 5.97 Å². The molecule has 0 bridgehead atoms. The molecule has 0 amide bonds. The lowest BCUT2D eigenvalue weighted by Gasteiger charge is -2.29. The predicted octanol–water partition coefficient (Wildman–Crippen LogP) is 4.39. The van der Waals surface area contributed by atoms with Crippen molar-refractivity contribution >= 4 is 22.8 Å². The van der Waals surface area contributed by atoms with Crippen LogP contribution in [0.5, 0.6) is 0 Å². The van der Waals surface area contributed by atoms with Crippen LogP contribution >= 0.6 is 0 Å². The van der Waals surface area contributed by atoms with Gasteiger partial charge in [-0.1, -0.05) is 0 Å². The van der Waals surface area contributed by atoms with Crippen molar-refractivity contribution in [1.82, 2.24) is 15.0 Å². The summed E-state index contributed by atoms with van der Waals surface area (Å²) < 4.78 is 19.8. The van der Waals surface area contributed by atoms with Crippen LogP contribution in [-0.2, 0) is 9.53 Å². The molecule has 0 spiro atoms. The summed E-state index contributed by atoms with van der Waals surface area (Å²) in [5.74, 6) is 0.882. The third kappa shape index (κ3) is 4.60. The molecular weight excluding hydrogens is 411 g/mol. The van der Waals surface area contributed by atoms with Crippen molar-refractivity contribution in [3.63, 3.8) is 0 Å². The quantitative estimate of drug-likeness (QED) is 0.593. The third-order valence-electron chi connectivity index (χ3n) is 6.58. The van der Waals surface area contributed by atoms with E-state index in [1.165, 1.54) is 12.1 Å². The first kappa shape index (κ1) is 20.9. The van der Waals surface area contributed by atoms with E-state index in [4.69, 9.17) is 9.84 Å². The second-order valence-electron chi connectivity index (χ2n) is 8.89. The number of anilines is 1. The Hall–Kier alpha value is -3.00. The van der Waals surface area contributed by atoms with E-state index in [9.17, 15) is 9.18 Å². The van der Waals surface area contributed by atoms with Gasteiger partial charge in [0, 0.05) is 31.3 Å². The number of nitrogens with zero attached hydrogens (tertiary/aromatic N) is 3. The number of nitrogens with one attached hydrogen (secondary N) is 1. The lowest BCUT2D eigenvalue weighted by atomic mass is 9.85. The molecule has 1 atom stereocenters. The smallest absolute Gasteiger partial charge is 0.303 e. The van der Waals surface area contributed by atoms with E-state index in [1.807, 2.05) is 12.1 Å². The van der Waals surface area contributed by atoms with Gasteiger partial charge < -0.3 is 19.7 Å². The Balaban J connectivity index is 1.16. The minimum atomic E-state index is -0.700. The van der Waals surface area contributed by atoms with Crippen molar-refractivity contribution in [1.29, 1.82) is 0 Å². The highest BCUT2D eigenvalue weighted by molar-refractivity contribution is 5.79. The molecule has 2 aliphatic rings. The average Bonchev–Trinajstić information content (AvgIpc) is 3.42. The van der Waals surface area contributed by atoms with Crippen LogP contribution in [0.3, 0.4) is 0 Å². The first-order valence-corrected chi connectivity index (χ1v) is 11.3. The van der Waals surface area contributed by atoms with Crippen LogP contribution in [0.15, 0.2) is 36.5 Å². The van der Waals surface area contributed by atoms with Crippen LogP contribution in [0.1, 0.15) is 38.5 Å². The fourth-order valence-corrected chi connectivity index (χ4v) is 4.87. The van der Waals surface area contributed by atoms with Crippen LogP contribution in [0.4, 0.5) is 10.2 Å². The molecule has 8 heteroatoms. The number of ether oxygens (including phenoxy) is 1. The SMILES string of the molecule is O=C(O)CC1CCC(OC2CCN(c3ccc(-c4nc5ccc(F)cc5[nH]4)cn3)C2)CC1. The van der Waals surface area contributed by atoms with Gasteiger partial charge in [0.15, 0.2) is 0 Å². The number of pyridine rings is 1. The van der Waals surface area contributed by atoms with Crippen LogP contribution < -0.4 is 4.90 Å². The number of halogens is 1. The number of carboxylic acid groups (broad SMARTS) is 1. The molecule has 1 aliphatic heterocycles. The molecule has 1 saturated carbocycles. The van der Waals surface area contributed by atoms with E-state index in [1.54, 1.807) is 12.3 Å². The number of carbonyl (C=O) groups is 1. The zero-order chi connectivity index (χ0) is 22.1. The van der Waals surface area contributed by atoms with E-state index in [-0.39, 0.29) is 24.4 Å². The van der Waals surface area contributed by atoms with Crippen molar-refractivity contribution < 1.29 is 19.0 Å². The predicted molar refractivity (Wildman–Crippen MR) is 119 cm³/mol. The summed E-state index contributed by atoms with van der Waals surface area (Å²) in [7, 11) is 0. The number of hydrogen-bond acceptors (Lipinski definition) is 5. The summed E-state index contributed by atoms with van der Waals surface area (Å²) in [6.45, 7) is 1.71. The van der Waals surface area contributed by atoms with Gasteiger partial charge in [-0.15, -0.1) is 0 Å². The molecule has 0 radical (unpaired) electrons. The lowest BCUT2D eigenvalue weighted by Crippen LogP contribution is -2.30. The summed E-state index contributed by atoms with van der Waals surface area (Å²) in [5.41, 5.74) is 2.25. The minimum Gasteiger partial charge on any atom is -0.481 e. The molecule has 2 N–H and O–H groups in total. The van der Waals surface area contributed by atoms with Crippen LogP contribution in [0.2, 0.25) is 0 Å². The highest BCUT2D eigenvalue weighted by atomic mass is 19.1. The molecule has 3 heterocycles. The fraction of sp³-hybridized carbons (Fsp3) is 0.458. The van der Waals surface area contributed by atoms with Crippen molar-refractivity contribution in [3.8, 4) is 11.4 Å². The summed E-state index contributed by atoms with van der Waals surface area (Å²) >= 11 is 0. The van der Waals surface area contributed by atoms with Gasteiger partial charge in [0.05, 0.1) is 23.2 Å². The van der Waals surface area contributed by atoms with Gasteiger partial charge in [0.1, 0.15) is 17.5 Å². The van der Waals surface area contributed by atoms with Crippen LogP contribution in [-0.4, -0.2) is 51.3 Å². The van der Waals surface area contributed by atoms with Gasteiger partial charge in [0.2, 0.25) is 0 Å². The number of H-pyrrole nitrogens is 1. The molecule has 7 nitrogen and oxygen atoms in total. The molecule has 32 heavy (non-hydrogen) atoms. The first-order valence-electron chi connectivity index (χ1n) is 11.3. The molecule has 5 rings (SSSR count). The Labute approximate surface area is 185 Å². The number of rotatable bonds is 6. The normalized spacial score (nSPS) is 23.7. The number of aliphatic carboxylic acids is 1. The fourth-order valence-electron chi connectivity index (χ4n) is 4.87. The van der Waals surface area contributed by atoms with E-state index in [2.05, 4.69) is 19.9 Å². The molecule has 1 saturated heterocycles. The van der Waals surface area contributed by atoms with Gasteiger partial charge in [0.25, 0.3) is 0 Å². The summed E-state index contributed by atoms with van der Waals surface area (Å²) in [5, 5.41) is 8.96. The van der Waals surface area contributed by atoms with Crippen LogP contribution in [0, 0.1) is 11.7 Å². The van der Waals surface area contributed by atoms with Crippen molar-refractivity contribution in [2.75, 3.05) is 18.0 Å². The maximum absolute atomic E-state index is 13.4. The average molecular weight is 439 g/mol. The Bertz CT molecular complexity index is 1090. The number of hydrogen-bond donors (Lipinski definition) is 2. The molecule has 2 fully saturated rings. The van der Waals surface area contributed by atoms with Crippen molar-refractivity contribution in [2.45, 2.75) is 50.7 Å². The Morgan fingerprint density at radius 2 is 2.00 bits per heavy atom. The van der Waals surface area contributed by atoms with Crippen molar-refractivity contribution in [3.05, 3.63) is 42.3 Å². The van der Waals surface area contributed by atoms with E-state index >= 15 is 0 Å². The number of benzene rings is 1. The largest absolute Gasteiger partial charge is 0.481 e. The molecule has 3 aromatic rings. The molecule has 1 unspecified atom stereocenters. The molecule has 1 aromatic carbocycles. The second kappa shape index (κ2) is 8.86. The lowest BCUT2D eigenvalue weighted by molar-refractivity contribution is -0.138. The summed E-state index contributed by atoms with van der Waals surface area (Å²) in [6, 6.07) is 8.48. The summed E-state index contributed by atoms with van der Waals surface area (Å²) in [4.78, 5) is 25.4. The minimum absolute atomic E-state index is 0.183. The molecule has 168 valence electrons. The topological polar surface area (TPSA) is 91.3 Å². The molecule has 2 aromatic heterocycles. The maximum Gasteiger partial charge on any atom is 0.303 e. The second-order valence-corrected chi connectivity index (χ2v) is 8.89. The summed E-state index contributed by atoms with van der Waals surface area (Å²) in [6.07, 6.45) is 7.22. The van der Waals surface area contributed by atoms with Crippen LogP contribution in [0.25, 0.3) is 22.4 Å². The number of aromatic nitrogens is 3. The van der Waals surface area contributed by atoms with E-state index in [0.29, 0.717) is 17.3 Å². The number of fused-ring (bicyclic) bond motifs is 1. The van der Waals surface area contributed by atoms with Gasteiger partial charge in [-0.3, -0.25) is 4.79 Å². The monoisotopic (exact) mass is 438 g/mol. The third-order valence-corrected chi connectivity index (χ3v) is 6.58. The van der Waals surface area contributed by atoms with Gasteiger partial charge in [-0.2, -0.15) is 0 Å². The number of aromatic amines is 1. The Kier molecular flexibility index (Phi) is 5.78. The highest BCUT2D eigenvalue weighted by Gasteiger charge is 2.29. The standard InChI is InChI=1S/C24H27FN4O3/c25-17-4-7-20-21(12-17)28-24(27-20)16-3-8-22(26-13-16)29-10-9-19(14-29)32-18-5-1-15(2-6-18)11-23(30)31/h3-4,7-8,12-13,15,18-19H,1-2,5-6,9-11,14H2,(H,27,28)(H,30,31). The molecular formula is C24H27FN4O3. The Morgan fingerprint density at radius 1 is 1.16 bits per heavy atom. The number of imidazole rings is 1. The highest BCUT2D eigenvalue weighted by Crippen LogP contribution is 2.31.